The van der Waals surface area contributed by atoms with E-state index in [0.29, 0.717) is 17.1 Å². The van der Waals surface area contributed by atoms with Gasteiger partial charge in [0.2, 0.25) is 15.0 Å². The first-order chi connectivity index (χ1) is 17.7. The van der Waals surface area contributed by atoms with E-state index in [1.165, 1.54) is 31.5 Å². The summed E-state index contributed by atoms with van der Waals surface area (Å²) in [5, 5.41) is 2.47. The third-order valence-corrected chi connectivity index (χ3v) is 7.41. The average molecular weight is 523 g/mol. The molecule has 0 atom stereocenters. The number of anilines is 2. The lowest BCUT2D eigenvalue weighted by Gasteiger charge is -2.26. The van der Waals surface area contributed by atoms with Gasteiger partial charge in [0.1, 0.15) is 11.6 Å². The number of aryl methyl sites for hydroxylation is 2. The summed E-state index contributed by atoms with van der Waals surface area (Å²) >= 11 is 0. The van der Waals surface area contributed by atoms with Crippen LogP contribution in [0.2, 0.25) is 0 Å². The molecule has 0 unspecified atom stereocenters. The second-order valence-electron chi connectivity index (χ2n) is 8.57. The Kier molecular flexibility index (Phi) is 7.68. The van der Waals surface area contributed by atoms with Crippen LogP contribution >= 0.6 is 0 Å². The number of para-hydroxylation sites is 1. The number of nitrogens with one attached hydrogen (secondary N) is 1. The Balaban J connectivity index is 1.82. The molecule has 0 aliphatic rings. The molecule has 0 bridgehead atoms. The lowest BCUT2D eigenvalue weighted by molar-refractivity contribution is 0.102. The molecule has 4 aromatic rings. The fraction of sp³-hybridized carbons (Fsp3) is 0.222. The molecule has 8 nitrogen and oxygen atoms in total. The van der Waals surface area contributed by atoms with Crippen LogP contribution in [0, 0.1) is 19.7 Å². The fourth-order valence-corrected chi connectivity index (χ4v) is 4.55. The standard InChI is InChI=1S/C27H27FN4O4S/c1-4-37(34,35)27-29-15-23(25(31-27)26(33)30-24-18(2)7-5-8-19(24)3)32(17-22-9-6-14-36-22)16-20-10-12-21(28)13-11-20/h5-15H,4,16-17H2,1-3H3,(H,30,33). The minimum absolute atomic E-state index is 0.0988. The number of amides is 1. The first-order valence-corrected chi connectivity index (χ1v) is 13.3. The molecule has 0 saturated heterocycles. The topological polar surface area (TPSA) is 105 Å². The van der Waals surface area contributed by atoms with Crippen molar-refractivity contribution < 1.29 is 22.0 Å². The van der Waals surface area contributed by atoms with Gasteiger partial charge in [-0.3, -0.25) is 4.79 Å². The average Bonchev–Trinajstić information content (AvgIpc) is 3.40. The van der Waals surface area contributed by atoms with Gasteiger partial charge >= 0.3 is 0 Å². The molecule has 0 aliphatic heterocycles. The summed E-state index contributed by atoms with van der Waals surface area (Å²) in [6, 6.07) is 15.1. The maximum Gasteiger partial charge on any atom is 0.276 e. The number of sulfone groups is 1. The molecule has 10 heteroatoms. The molecule has 2 aromatic carbocycles. The van der Waals surface area contributed by atoms with Crippen molar-refractivity contribution in [1.29, 1.82) is 0 Å². The van der Waals surface area contributed by atoms with Crippen LogP contribution in [-0.4, -0.2) is 30.0 Å². The number of carbonyl (C=O) groups is 1. The molecule has 1 N–H and O–H groups in total. The highest BCUT2D eigenvalue weighted by Crippen LogP contribution is 2.27. The van der Waals surface area contributed by atoms with Gasteiger partial charge in [0.25, 0.3) is 5.91 Å². The van der Waals surface area contributed by atoms with Gasteiger partial charge in [0.15, 0.2) is 5.69 Å². The van der Waals surface area contributed by atoms with Crippen molar-refractivity contribution in [3.05, 3.63) is 101 Å². The Hall–Kier alpha value is -4.05. The summed E-state index contributed by atoms with van der Waals surface area (Å²) < 4.78 is 44.2. The largest absolute Gasteiger partial charge is 0.467 e. The number of furan rings is 1. The normalized spacial score (nSPS) is 11.4. The number of aromatic nitrogens is 2. The summed E-state index contributed by atoms with van der Waals surface area (Å²) in [5.41, 5.74) is 3.29. The number of hydrogen-bond donors (Lipinski definition) is 1. The Morgan fingerprint density at radius 1 is 1.03 bits per heavy atom. The van der Waals surface area contributed by atoms with E-state index in [0.717, 1.165) is 16.7 Å². The number of halogens is 1. The number of carbonyl (C=O) groups excluding carboxylic acids is 1. The predicted octanol–water partition coefficient (Wildman–Crippen LogP) is 5.08. The lowest BCUT2D eigenvalue weighted by atomic mass is 10.1. The minimum atomic E-state index is -3.78. The molecule has 0 fully saturated rings. The Morgan fingerprint density at radius 2 is 1.73 bits per heavy atom. The lowest BCUT2D eigenvalue weighted by Crippen LogP contribution is -2.28. The van der Waals surface area contributed by atoms with Crippen molar-refractivity contribution in [3.63, 3.8) is 0 Å². The van der Waals surface area contributed by atoms with Gasteiger partial charge in [0.05, 0.1) is 30.4 Å². The molecular weight excluding hydrogens is 495 g/mol. The maximum absolute atomic E-state index is 13.6. The molecule has 2 aromatic heterocycles. The predicted molar refractivity (Wildman–Crippen MR) is 139 cm³/mol. The monoisotopic (exact) mass is 522 g/mol. The van der Waals surface area contributed by atoms with Crippen LogP contribution in [0.15, 0.2) is 76.6 Å². The summed E-state index contributed by atoms with van der Waals surface area (Å²) in [5.74, 6) is -0.553. The molecule has 0 aliphatic carbocycles. The van der Waals surface area contributed by atoms with E-state index in [4.69, 9.17) is 4.42 Å². The van der Waals surface area contributed by atoms with Crippen LogP contribution in [-0.2, 0) is 22.9 Å². The summed E-state index contributed by atoms with van der Waals surface area (Å²) in [7, 11) is -3.78. The Morgan fingerprint density at radius 3 is 2.35 bits per heavy atom. The van der Waals surface area contributed by atoms with Gasteiger partial charge in [-0.05, 0) is 54.8 Å². The van der Waals surface area contributed by atoms with E-state index in [9.17, 15) is 17.6 Å². The van der Waals surface area contributed by atoms with Crippen molar-refractivity contribution in [1.82, 2.24) is 9.97 Å². The van der Waals surface area contributed by atoms with Gasteiger partial charge in [-0.15, -0.1) is 0 Å². The van der Waals surface area contributed by atoms with E-state index in [1.54, 1.807) is 29.2 Å². The number of benzene rings is 2. The van der Waals surface area contributed by atoms with Crippen molar-refractivity contribution in [2.45, 2.75) is 39.0 Å². The number of nitrogens with zero attached hydrogens (tertiary/aromatic N) is 3. The summed E-state index contributed by atoms with van der Waals surface area (Å²) in [6.45, 7) is 5.72. The Bertz CT molecular complexity index is 1480. The van der Waals surface area contributed by atoms with E-state index in [-0.39, 0.29) is 30.4 Å². The van der Waals surface area contributed by atoms with Crippen LogP contribution < -0.4 is 10.2 Å². The van der Waals surface area contributed by atoms with Gasteiger partial charge in [0, 0.05) is 12.2 Å². The quantitative estimate of drug-likeness (QED) is 0.306. The SMILES string of the molecule is CCS(=O)(=O)c1ncc(N(Cc2ccc(F)cc2)Cc2ccco2)c(C(=O)Nc2c(C)cccc2C)n1. The molecule has 1 amide bonds. The minimum Gasteiger partial charge on any atom is -0.467 e. The van der Waals surface area contributed by atoms with Crippen LogP contribution in [0.25, 0.3) is 0 Å². The highest BCUT2D eigenvalue weighted by atomic mass is 32.2. The summed E-state index contributed by atoms with van der Waals surface area (Å²) in [6.07, 6.45) is 2.87. The van der Waals surface area contributed by atoms with E-state index in [2.05, 4.69) is 15.3 Å². The third-order valence-electron chi connectivity index (χ3n) is 5.89. The van der Waals surface area contributed by atoms with Crippen molar-refractivity contribution in [2.24, 2.45) is 0 Å². The van der Waals surface area contributed by atoms with Crippen molar-refractivity contribution >= 4 is 27.1 Å². The van der Waals surface area contributed by atoms with Gasteiger partial charge in [-0.2, -0.15) is 0 Å². The molecule has 2 heterocycles. The number of rotatable bonds is 9. The van der Waals surface area contributed by atoms with Crippen LogP contribution in [0.1, 0.15) is 39.9 Å². The van der Waals surface area contributed by atoms with Crippen molar-refractivity contribution in [2.75, 3.05) is 16.0 Å². The zero-order valence-electron chi connectivity index (χ0n) is 20.7. The highest BCUT2D eigenvalue weighted by Gasteiger charge is 2.26. The van der Waals surface area contributed by atoms with Crippen LogP contribution in [0.4, 0.5) is 15.8 Å². The molecule has 4 rings (SSSR count). The Labute approximate surface area is 215 Å². The fourth-order valence-electron chi connectivity index (χ4n) is 3.85. The third kappa shape index (κ3) is 6.03. The second kappa shape index (κ2) is 10.9. The molecule has 0 radical (unpaired) electrons. The molecular formula is C27H27FN4O4S. The van der Waals surface area contributed by atoms with E-state index in [1.807, 2.05) is 32.0 Å². The van der Waals surface area contributed by atoms with Crippen LogP contribution in [0.3, 0.4) is 0 Å². The van der Waals surface area contributed by atoms with E-state index >= 15 is 0 Å². The smallest absolute Gasteiger partial charge is 0.276 e. The number of hydrogen-bond acceptors (Lipinski definition) is 7. The molecule has 0 spiro atoms. The van der Waals surface area contributed by atoms with E-state index < -0.39 is 20.9 Å². The molecule has 0 saturated carbocycles. The van der Waals surface area contributed by atoms with Gasteiger partial charge < -0.3 is 14.6 Å². The maximum atomic E-state index is 13.6. The zero-order chi connectivity index (χ0) is 26.6. The summed E-state index contributed by atoms with van der Waals surface area (Å²) in [4.78, 5) is 23.7. The first kappa shape index (κ1) is 26.0. The van der Waals surface area contributed by atoms with Gasteiger partial charge in [-0.1, -0.05) is 37.3 Å². The molecule has 37 heavy (non-hydrogen) atoms. The van der Waals surface area contributed by atoms with Gasteiger partial charge in [-0.25, -0.2) is 22.8 Å². The zero-order valence-corrected chi connectivity index (χ0v) is 21.5. The van der Waals surface area contributed by atoms with Crippen LogP contribution in [0.5, 0.6) is 0 Å². The molecule has 192 valence electrons. The highest BCUT2D eigenvalue weighted by molar-refractivity contribution is 7.91. The second-order valence-corrected chi connectivity index (χ2v) is 10.7. The van der Waals surface area contributed by atoms with Crippen molar-refractivity contribution in [3.8, 4) is 0 Å². The first-order valence-electron chi connectivity index (χ1n) is 11.7.